The third-order valence-corrected chi connectivity index (χ3v) is 3.77. The zero-order valence-corrected chi connectivity index (χ0v) is 8.88. The molecule has 2 unspecified atom stereocenters. The van der Waals surface area contributed by atoms with Crippen molar-refractivity contribution in [3.05, 3.63) is 0 Å². The van der Waals surface area contributed by atoms with Gasteiger partial charge in [0.1, 0.15) is 0 Å². The summed E-state index contributed by atoms with van der Waals surface area (Å²) in [7, 11) is -3.39. The van der Waals surface area contributed by atoms with E-state index in [9.17, 15) is 13.2 Å². The summed E-state index contributed by atoms with van der Waals surface area (Å²) in [4.78, 5) is 10.2. The Morgan fingerprint density at radius 2 is 2.14 bits per heavy atom. The van der Waals surface area contributed by atoms with Gasteiger partial charge in [-0.1, -0.05) is 6.92 Å². The molecule has 0 spiro atoms. The van der Waals surface area contributed by atoms with Crippen molar-refractivity contribution in [3.8, 4) is 0 Å². The lowest BCUT2D eigenvalue weighted by Crippen LogP contribution is -2.29. The van der Waals surface area contributed by atoms with Crippen LogP contribution in [0, 0.1) is 11.8 Å². The van der Waals surface area contributed by atoms with Crippen LogP contribution in [0.3, 0.4) is 0 Å². The highest BCUT2D eigenvalue weighted by Gasteiger charge is 2.33. The molecule has 1 rings (SSSR count). The first kappa shape index (κ1) is 11.5. The van der Waals surface area contributed by atoms with Crippen LogP contribution in [0.4, 0.5) is 0 Å². The molecular weight excluding hydrogens is 206 g/mol. The second-order valence-corrected chi connectivity index (χ2v) is 5.71. The first-order valence-corrected chi connectivity index (χ1v) is 6.25. The van der Waals surface area contributed by atoms with Crippen LogP contribution in [-0.4, -0.2) is 31.8 Å². The third-order valence-electron chi connectivity index (χ3n) is 2.43. The highest BCUT2D eigenvalue weighted by Crippen LogP contribution is 2.36. The van der Waals surface area contributed by atoms with Crippen molar-refractivity contribution in [1.82, 2.24) is 4.72 Å². The highest BCUT2D eigenvalue weighted by atomic mass is 32.2. The lowest BCUT2D eigenvalue weighted by Gasteiger charge is -2.03. The van der Waals surface area contributed by atoms with E-state index < -0.39 is 16.0 Å². The fraction of sp³-hybridized carbons (Fsp3) is 0.875. The van der Waals surface area contributed by atoms with Gasteiger partial charge in [-0.25, -0.2) is 13.1 Å². The van der Waals surface area contributed by atoms with E-state index in [2.05, 4.69) is 11.6 Å². The quantitative estimate of drug-likeness (QED) is 0.663. The summed E-state index contributed by atoms with van der Waals surface area (Å²) >= 11 is 0. The van der Waals surface area contributed by atoms with Gasteiger partial charge in [0.05, 0.1) is 12.2 Å². The van der Waals surface area contributed by atoms with E-state index in [0.717, 1.165) is 6.42 Å². The Morgan fingerprint density at radius 1 is 1.57 bits per heavy atom. The van der Waals surface area contributed by atoms with Gasteiger partial charge >= 0.3 is 5.97 Å². The number of hydrogen-bond acceptors (Lipinski definition) is 3. The minimum atomic E-state index is -3.39. The van der Waals surface area contributed by atoms with Gasteiger partial charge in [-0.3, -0.25) is 4.79 Å². The zero-order chi connectivity index (χ0) is 10.8. The summed E-state index contributed by atoms with van der Waals surface area (Å²) in [5.41, 5.74) is 0. The summed E-state index contributed by atoms with van der Waals surface area (Å²) < 4.78 is 24.8. The SMILES string of the molecule is CC1CC1CNS(=O)(=O)CCC(=O)O. The standard InChI is InChI=1S/C8H15NO4S/c1-6-4-7(6)5-9-14(12,13)3-2-8(10)11/h6-7,9H,2-5H2,1H3,(H,10,11). The molecule has 1 aliphatic carbocycles. The topological polar surface area (TPSA) is 83.5 Å². The molecule has 5 nitrogen and oxygen atoms in total. The highest BCUT2D eigenvalue weighted by molar-refractivity contribution is 7.89. The van der Waals surface area contributed by atoms with Crippen molar-refractivity contribution in [3.63, 3.8) is 0 Å². The lowest BCUT2D eigenvalue weighted by atomic mass is 10.3. The normalized spacial score (nSPS) is 26.1. The summed E-state index contributed by atoms with van der Waals surface area (Å²) in [6.07, 6.45) is 0.719. The molecule has 0 aromatic heterocycles. The minimum absolute atomic E-state index is 0.330. The molecule has 1 fully saturated rings. The van der Waals surface area contributed by atoms with Crippen molar-refractivity contribution >= 4 is 16.0 Å². The Hall–Kier alpha value is -0.620. The van der Waals surface area contributed by atoms with Crippen molar-refractivity contribution in [2.45, 2.75) is 19.8 Å². The van der Waals surface area contributed by atoms with Crippen LogP contribution in [0.25, 0.3) is 0 Å². The smallest absolute Gasteiger partial charge is 0.304 e. The largest absolute Gasteiger partial charge is 0.481 e. The van der Waals surface area contributed by atoms with E-state index >= 15 is 0 Å². The number of hydrogen-bond donors (Lipinski definition) is 2. The maximum Gasteiger partial charge on any atom is 0.304 e. The van der Waals surface area contributed by atoms with E-state index in [1.54, 1.807) is 0 Å². The molecule has 0 aromatic rings. The second-order valence-electron chi connectivity index (χ2n) is 3.78. The number of carboxylic acid groups (broad SMARTS) is 1. The average Bonchev–Trinajstić information content (AvgIpc) is 2.76. The fourth-order valence-corrected chi connectivity index (χ4v) is 2.27. The van der Waals surface area contributed by atoms with Crippen LogP contribution in [0.15, 0.2) is 0 Å². The first-order valence-electron chi connectivity index (χ1n) is 4.60. The summed E-state index contributed by atoms with van der Waals surface area (Å²) in [6.45, 7) is 2.51. The molecule has 0 aliphatic heterocycles. The van der Waals surface area contributed by atoms with Crippen LogP contribution in [0.5, 0.6) is 0 Å². The Bertz CT molecular complexity index is 311. The van der Waals surface area contributed by atoms with Gasteiger partial charge in [0.25, 0.3) is 0 Å². The number of nitrogens with one attached hydrogen (secondary N) is 1. The van der Waals surface area contributed by atoms with Gasteiger partial charge in [-0.15, -0.1) is 0 Å². The molecule has 2 atom stereocenters. The Morgan fingerprint density at radius 3 is 2.57 bits per heavy atom. The number of carboxylic acids is 1. The van der Waals surface area contributed by atoms with Gasteiger partial charge in [0.2, 0.25) is 10.0 Å². The van der Waals surface area contributed by atoms with E-state index in [-0.39, 0.29) is 12.2 Å². The van der Waals surface area contributed by atoms with Crippen molar-refractivity contribution in [2.75, 3.05) is 12.3 Å². The lowest BCUT2D eigenvalue weighted by molar-refractivity contribution is -0.136. The first-order chi connectivity index (χ1) is 6.41. The van der Waals surface area contributed by atoms with Crippen molar-refractivity contribution in [2.24, 2.45) is 11.8 Å². The van der Waals surface area contributed by atoms with Crippen LogP contribution >= 0.6 is 0 Å². The van der Waals surface area contributed by atoms with Crippen LogP contribution in [0.2, 0.25) is 0 Å². The van der Waals surface area contributed by atoms with E-state index in [1.165, 1.54) is 0 Å². The van der Waals surface area contributed by atoms with Crippen LogP contribution < -0.4 is 4.72 Å². The maximum atomic E-state index is 11.2. The minimum Gasteiger partial charge on any atom is -0.481 e. The Kier molecular flexibility index (Phi) is 3.49. The molecule has 1 saturated carbocycles. The van der Waals surface area contributed by atoms with E-state index in [0.29, 0.717) is 18.4 Å². The third kappa shape index (κ3) is 4.06. The predicted molar refractivity (Wildman–Crippen MR) is 51.3 cm³/mol. The summed E-state index contributed by atoms with van der Waals surface area (Å²) in [6, 6.07) is 0. The van der Waals surface area contributed by atoms with Crippen molar-refractivity contribution < 1.29 is 18.3 Å². The van der Waals surface area contributed by atoms with E-state index in [4.69, 9.17) is 5.11 Å². The fourth-order valence-electron chi connectivity index (χ4n) is 1.21. The molecule has 0 bridgehead atoms. The van der Waals surface area contributed by atoms with Gasteiger partial charge in [0, 0.05) is 6.54 Å². The molecule has 0 radical (unpaired) electrons. The van der Waals surface area contributed by atoms with Gasteiger partial charge in [-0.2, -0.15) is 0 Å². The molecule has 2 N–H and O–H groups in total. The number of rotatable bonds is 6. The van der Waals surface area contributed by atoms with Crippen molar-refractivity contribution in [1.29, 1.82) is 0 Å². The molecule has 0 amide bonds. The molecule has 6 heteroatoms. The van der Waals surface area contributed by atoms with Gasteiger partial charge in [-0.05, 0) is 18.3 Å². The second kappa shape index (κ2) is 4.27. The van der Waals surface area contributed by atoms with E-state index in [1.807, 2.05) is 0 Å². The summed E-state index contributed by atoms with van der Waals surface area (Å²) in [5, 5.41) is 8.32. The monoisotopic (exact) mass is 221 g/mol. The van der Waals surface area contributed by atoms with Gasteiger partial charge in [0.15, 0.2) is 0 Å². The predicted octanol–water partition coefficient (Wildman–Crippen LogP) is 0.0365. The molecule has 14 heavy (non-hydrogen) atoms. The Labute approximate surface area is 83.6 Å². The molecule has 0 aromatic carbocycles. The number of carbonyl (C=O) groups is 1. The molecule has 82 valence electrons. The average molecular weight is 221 g/mol. The van der Waals surface area contributed by atoms with Crippen LogP contribution in [0.1, 0.15) is 19.8 Å². The zero-order valence-electron chi connectivity index (χ0n) is 8.06. The van der Waals surface area contributed by atoms with Crippen LogP contribution in [-0.2, 0) is 14.8 Å². The number of aliphatic carboxylic acids is 1. The molecular formula is C8H15NO4S. The Balaban J connectivity index is 2.23. The molecule has 1 aliphatic rings. The molecule has 0 saturated heterocycles. The van der Waals surface area contributed by atoms with Gasteiger partial charge < -0.3 is 5.11 Å². The molecule has 0 heterocycles. The maximum absolute atomic E-state index is 11.2. The number of sulfonamides is 1. The summed E-state index contributed by atoms with van der Waals surface area (Å²) in [5.74, 6) is -0.384.